The number of ketones is 1. The SMILES string of the molecule is CCCCCCCCCCCCC1(C23CC4CC(CC(C4)C2)C3)C2(c3ccccc3OC)C(=O)C(=O)P21=O. The molecule has 2 heterocycles. The topological polar surface area (TPSA) is 60.4 Å². The Bertz CT molecular complexity index is 1100. The van der Waals surface area contributed by atoms with Crippen molar-refractivity contribution in [2.24, 2.45) is 23.2 Å². The molecule has 0 amide bonds. The van der Waals surface area contributed by atoms with Gasteiger partial charge in [0.05, 0.1) is 12.3 Å². The maximum atomic E-state index is 15.1. The molecule has 0 spiro atoms. The molecule has 1 aromatic carbocycles. The maximum Gasteiger partial charge on any atom is 0.260 e. The van der Waals surface area contributed by atoms with Crippen molar-refractivity contribution in [1.29, 1.82) is 0 Å². The Kier molecular flexibility index (Phi) is 6.98. The minimum Gasteiger partial charge on any atom is -0.496 e. The molecule has 0 N–H and O–H groups in total. The fraction of sp³-hybridized carbons (Fsp3) is 0.758. The lowest BCUT2D eigenvalue weighted by Gasteiger charge is -2.60. The molecule has 208 valence electrons. The number of rotatable bonds is 14. The molecule has 5 heteroatoms. The summed E-state index contributed by atoms with van der Waals surface area (Å²) in [6.45, 7) is 2.26. The van der Waals surface area contributed by atoms with Crippen molar-refractivity contribution >= 4 is 18.4 Å². The quantitative estimate of drug-likeness (QED) is 0.135. The number of Topliss-reactive ketones (excluding diaryl/α,β-unsaturated/α-hetero) is 1. The lowest BCUT2D eigenvalue weighted by molar-refractivity contribution is -0.136. The van der Waals surface area contributed by atoms with Crippen molar-refractivity contribution in [3.05, 3.63) is 29.8 Å². The van der Waals surface area contributed by atoms with Crippen LogP contribution in [-0.4, -0.2) is 23.6 Å². The normalized spacial score (nSPS) is 40.2. The van der Waals surface area contributed by atoms with E-state index >= 15 is 4.57 Å². The highest BCUT2D eigenvalue weighted by atomic mass is 31.2. The van der Waals surface area contributed by atoms with Crippen LogP contribution in [0.25, 0.3) is 0 Å². The van der Waals surface area contributed by atoms with Crippen molar-refractivity contribution in [2.45, 2.75) is 126 Å². The number of carbonyl (C=O) groups is 2. The third-order valence-corrected chi connectivity index (χ3v) is 16.1. The summed E-state index contributed by atoms with van der Waals surface area (Å²) in [5, 5.41) is -1.79. The first-order valence-corrected chi connectivity index (χ1v) is 17.5. The maximum absolute atomic E-state index is 15.1. The predicted octanol–water partition coefficient (Wildman–Crippen LogP) is 8.64. The molecule has 0 aromatic heterocycles. The molecule has 3 unspecified atom stereocenters. The van der Waals surface area contributed by atoms with E-state index in [2.05, 4.69) is 6.92 Å². The van der Waals surface area contributed by atoms with Crippen LogP contribution < -0.4 is 4.74 Å². The van der Waals surface area contributed by atoms with Crippen molar-refractivity contribution in [2.75, 3.05) is 7.11 Å². The number of para-hydroxylation sites is 1. The minimum atomic E-state index is -3.38. The molecule has 3 atom stereocenters. The Labute approximate surface area is 229 Å². The van der Waals surface area contributed by atoms with Gasteiger partial charge in [0, 0.05) is 5.56 Å². The first-order valence-electron chi connectivity index (χ1n) is 15.7. The molecule has 4 bridgehead atoms. The Balaban J connectivity index is 1.28. The number of carbonyl (C=O) groups excluding carboxylic acids is 2. The van der Waals surface area contributed by atoms with Crippen LogP contribution >= 0.6 is 7.14 Å². The molecule has 0 radical (unpaired) electrons. The summed E-state index contributed by atoms with van der Waals surface area (Å²) in [7, 11) is -1.75. The summed E-state index contributed by atoms with van der Waals surface area (Å²) in [4.78, 5) is 27.3. The largest absolute Gasteiger partial charge is 0.496 e. The van der Waals surface area contributed by atoms with E-state index in [0.29, 0.717) is 23.5 Å². The van der Waals surface area contributed by atoms with Crippen LogP contribution in [0.3, 0.4) is 0 Å². The molecule has 4 nitrogen and oxygen atoms in total. The monoisotopic (exact) mass is 538 g/mol. The molecule has 4 aliphatic carbocycles. The highest BCUT2D eigenvalue weighted by molar-refractivity contribution is 7.98. The summed E-state index contributed by atoms with van der Waals surface area (Å²) in [5.41, 5.74) is 0.101. The van der Waals surface area contributed by atoms with Crippen LogP contribution in [-0.2, 0) is 19.3 Å². The van der Waals surface area contributed by atoms with Crippen LogP contribution in [0.5, 0.6) is 5.75 Å². The number of unbranched alkanes of at least 4 members (excludes halogenated alkanes) is 9. The zero-order chi connectivity index (χ0) is 26.6. The number of hydrogen-bond donors (Lipinski definition) is 0. The molecular weight excluding hydrogens is 491 g/mol. The number of benzene rings is 1. The van der Waals surface area contributed by atoms with Gasteiger partial charge in [0.15, 0.2) is 7.14 Å². The van der Waals surface area contributed by atoms with Crippen LogP contribution in [0.1, 0.15) is 122 Å². The third-order valence-electron chi connectivity index (χ3n) is 11.7. The van der Waals surface area contributed by atoms with Gasteiger partial charge in [0.1, 0.15) is 10.9 Å². The van der Waals surface area contributed by atoms with Crippen LogP contribution in [0.15, 0.2) is 24.3 Å². The van der Waals surface area contributed by atoms with Crippen LogP contribution in [0, 0.1) is 23.2 Å². The zero-order valence-corrected chi connectivity index (χ0v) is 24.5. The van der Waals surface area contributed by atoms with Gasteiger partial charge in [-0.1, -0.05) is 89.3 Å². The first kappa shape index (κ1) is 26.8. The number of methoxy groups -OCH3 is 1. The van der Waals surface area contributed by atoms with Gasteiger partial charge >= 0.3 is 0 Å². The van der Waals surface area contributed by atoms with Gasteiger partial charge in [-0.05, 0) is 74.2 Å². The Hall–Kier alpha value is -1.41. The number of fused-ring (bicyclic) bond motifs is 1. The second kappa shape index (κ2) is 9.90. The van der Waals surface area contributed by atoms with E-state index in [1.165, 1.54) is 70.6 Å². The van der Waals surface area contributed by atoms with Gasteiger partial charge in [0.25, 0.3) is 5.52 Å². The molecular formula is C33H47O4P. The van der Waals surface area contributed by atoms with E-state index in [4.69, 9.17) is 4.74 Å². The molecule has 4 saturated carbocycles. The molecule has 6 fully saturated rings. The summed E-state index contributed by atoms with van der Waals surface area (Å²) in [6, 6.07) is 7.66. The number of ether oxygens (including phenoxy) is 1. The third kappa shape index (κ3) is 3.37. The van der Waals surface area contributed by atoms with Crippen LogP contribution in [0.4, 0.5) is 0 Å². The standard InChI is InChI=1S/C33H47O4P/c1-3-4-5-6-7-8-9-10-11-14-17-32(31-21-24-18-25(22-31)20-26(19-24)23-31)33(29(34)30(35)38(32,33)36)27-15-12-13-16-28(27)37-2/h12-13,15-16,24-26H,3-11,14,17-23H2,1-2H3. The van der Waals surface area contributed by atoms with E-state index in [9.17, 15) is 9.59 Å². The smallest absolute Gasteiger partial charge is 0.260 e. The lowest BCUT2D eigenvalue weighted by Crippen LogP contribution is -2.55. The van der Waals surface area contributed by atoms with Gasteiger partial charge < -0.3 is 9.30 Å². The minimum absolute atomic E-state index is 0.126. The molecule has 2 aliphatic heterocycles. The highest BCUT2D eigenvalue weighted by Crippen LogP contribution is 3.06. The fourth-order valence-corrected chi connectivity index (χ4v) is 15.9. The zero-order valence-electron chi connectivity index (χ0n) is 23.6. The van der Waals surface area contributed by atoms with Crippen molar-refractivity contribution in [1.82, 2.24) is 0 Å². The summed E-state index contributed by atoms with van der Waals surface area (Å²) in [5.74, 6) is 2.30. The Morgan fingerprint density at radius 1 is 0.816 bits per heavy atom. The first-order chi connectivity index (χ1) is 18.4. The average molecular weight is 539 g/mol. The molecule has 7 rings (SSSR count). The molecule has 38 heavy (non-hydrogen) atoms. The Morgan fingerprint density at radius 3 is 1.89 bits per heavy atom. The van der Waals surface area contributed by atoms with Crippen LogP contribution in [0.2, 0.25) is 0 Å². The lowest BCUT2D eigenvalue weighted by atomic mass is 9.44. The molecule has 1 aromatic rings. The van der Waals surface area contributed by atoms with E-state index in [1.54, 1.807) is 7.11 Å². The van der Waals surface area contributed by atoms with Crippen molar-refractivity contribution < 1.29 is 18.9 Å². The second-order valence-corrected chi connectivity index (χ2v) is 16.7. The Morgan fingerprint density at radius 2 is 1.34 bits per heavy atom. The predicted molar refractivity (Wildman–Crippen MR) is 152 cm³/mol. The van der Waals surface area contributed by atoms with Gasteiger partial charge in [-0.25, -0.2) is 0 Å². The van der Waals surface area contributed by atoms with Gasteiger partial charge in [-0.2, -0.15) is 0 Å². The number of hydrogen-bond acceptors (Lipinski definition) is 4. The fourth-order valence-electron chi connectivity index (χ4n) is 10.7. The summed E-state index contributed by atoms with van der Waals surface area (Å²) >= 11 is 0. The van der Waals surface area contributed by atoms with Gasteiger partial charge in [0.2, 0.25) is 5.78 Å². The van der Waals surface area contributed by atoms with E-state index < -0.39 is 23.0 Å². The molecule has 2 saturated heterocycles. The van der Waals surface area contributed by atoms with Gasteiger partial charge in [-0.15, -0.1) is 0 Å². The summed E-state index contributed by atoms with van der Waals surface area (Å²) in [6.07, 6.45) is 20.3. The average Bonchev–Trinajstić information content (AvgIpc) is 3.39. The van der Waals surface area contributed by atoms with Crippen molar-refractivity contribution in [3.8, 4) is 5.75 Å². The van der Waals surface area contributed by atoms with Crippen molar-refractivity contribution in [3.63, 3.8) is 0 Å². The summed E-state index contributed by atoms with van der Waals surface area (Å²) < 4.78 is 20.9. The second-order valence-electron chi connectivity index (χ2n) is 13.6. The van der Waals surface area contributed by atoms with E-state index in [1.807, 2.05) is 24.3 Å². The van der Waals surface area contributed by atoms with E-state index in [-0.39, 0.29) is 11.2 Å². The van der Waals surface area contributed by atoms with E-state index in [0.717, 1.165) is 44.1 Å². The molecule has 6 aliphatic rings. The highest BCUT2D eigenvalue weighted by Gasteiger charge is 3.04. The van der Waals surface area contributed by atoms with Gasteiger partial charge in [-0.3, -0.25) is 9.59 Å².